The van der Waals surface area contributed by atoms with Crippen LogP contribution in [0.1, 0.15) is 11.7 Å². The van der Waals surface area contributed by atoms with Crippen molar-refractivity contribution in [2.24, 2.45) is 0 Å². The number of hydrogen-bond donors (Lipinski definition) is 3. The molecule has 0 spiro atoms. The third kappa shape index (κ3) is 4.03. The van der Waals surface area contributed by atoms with Gasteiger partial charge in [0.2, 0.25) is 0 Å². The Morgan fingerprint density at radius 1 is 1.30 bits per heavy atom. The maximum absolute atomic E-state index is 12.9. The smallest absolute Gasteiger partial charge is 0.319 e. The van der Waals surface area contributed by atoms with Gasteiger partial charge in [-0.1, -0.05) is 6.07 Å². The second-order valence-electron chi connectivity index (χ2n) is 4.14. The molecule has 2 aromatic rings. The molecule has 2 amide bonds. The van der Waals surface area contributed by atoms with Crippen LogP contribution in [0.2, 0.25) is 0 Å². The van der Waals surface area contributed by atoms with Crippen LogP contribution in [-0.2, 0) is 0 Å². The average molecular weight is 275 g/mol. The van der Waals surface area contributed by atoms with Crippen molar-refractivity contribution < 1.29 is 14.3 Å². The SMILES string of the molecule is O=C(NCC(O)c1ccncc1)Nc1cccc(F)c1. The van der Waals surface area contributed by atoms with Crippen LogP contribution < -0.4 is 10.6 Å². The summed E-state index contributed by atoms with van der Waals surface area (Å²) in [5.74, 6) is -0.431. The van der Waals surface area contributed by atoms with Gasteiger partial charge in [-0.3, -0.25) is 4.98 Å². The van der Waals surface area contributed by atoms with Crippen molar-refractivity contribution in [1.82, 2.24) is 10.3 Å². The van der Waals surface area contributed by atoms with Gasteiger partial charge >= 0.3 is 6.03 Å². The molecule has 2 rings (SSSR count). The van der Waals surface area contributed by atoms with Crippen molar-refractivity contribution in [3.8, 4) is 0 Å². The normalized spacial score (nSPS) is 11.7. The van der Waals surface area contributed by atoms with Crippen LogP contribution in [0, 0.1) is 5.82 Å². The Bertz CT molecular complexity index is 578. The maximum Gasteiger partial charge on any atom is 0.319 e. The highest BCUT2D eigenvalue weighted by Gasteiger charge is 2.09. The van der Waals surface area contributed by atoms with Crippen LogP contribution in [0.4, 0.5) is 14.9 Å². The zero-order chi connectivity index (χ0) is 14.4. The van der Waals surface area contributed by atoms with Gasteiger partial charge in [0.1, 0.15) is 5.82 Å². The summed E-state index contributed by atoms with van der Waals surface area (Å²) in [6.45, 7) is 0.0468. The molecule has 3 N–H and O–H groups in total. The van der Waals surface area contributed by atoms with Crippen molar-refractivity contribution >= 4 is 11.7 Å². The molecule has 0 aliphatic carbocycles. The van der Waals surface area contributed by atoms with E-state index in [0.717, 1.165) is 0 Å². The number of benzene rings is 1. The lowest BCUT2D eigenvalue weighted by molar-refractivity contribution is 0.175. The molecule has 1 unspecified atom stereocenters. The Morgan fingerprint density at radius 3 is 2.75 bits per heavy atom. The molecule has 0 aliphatic rings. The zero-order valence-electron chi connectivity index (χ0n) is 10.6. The van der Waals surface area contributed by atoms with Crippen molar-refractivity contribution in [2.45, 2.75) is 6.10 Å². The van der Waals surface area contributed by atoms with Gasteiger partial charge in [-0.05, 0) is 35.9 Å². The second kappa shape index (κ2) is 6.63. The number of carbonyl (C=O) groups is 1. The number of aliphatic hydroxyl groups is 1. The van der Waals surface area contributed by atoms with Crippen LogP contribution in [0.25, 0.3) is 0 Å². The number of nitrogens with zero attached hydrogens (tertiary/aromatic N) is 1. The molecule has 5 nitrogen and oxygen atoms in total. The fraction of sp³-hybridized carbons (Fsp3) is 0.143. The van der Waals surface area contributed by atoms with E-state index in [9.17, 15) is 14.3 Å². The predicted octanol–water partition coefficient (Wildman–Crippen LogP) is 2.08. The number of rotatable bonds is 4. The monoisotopic (exact) mass is 275 g/mol. The molecule has 1 atom stereocenters. The van der Waals surface area contributed by atoms with Gasteiger partial charge in [-0.15, -0.1) is 0 Å². The Morgan fingerprint density at radius 2 is 2.05 bits per heavy atom. The van der Waals surface area contributed by atoms with Gasteiger partial charge < -0.3 is 15.7 Å². The highest BCUT2D eigenvalue weighted by atomic mass is 19.1. The second-order valence-corrected chi connectivity index (χ2v) is 4.14. The molecule has 0 saturated heterocycles. The number of aliphatic hydroxyl groups excluding tert-OH is 1. The predicted molar refractivity (Wildman–Crippen MR) is 72.6 cm³/mol. The standard InChI is InChI=1S/C14H14FN3O2/c15-11-2-1-3-12(8-11)18-14(20)17-9-13(19)10-4-6-16-7-5-10/h1-8,13,19H,9H2,(H2,17,18,20). The highest BCUT2D eigenvalue weighted by molar-refractivity contribution is 5.89. The molecule has 0 radical (unpaired) electrons. The van der Waals surface area contributed by atoms with E-state index in [1.807, 2.05) is 0 Å². The number of urea groups is 1. The molecule has 20 heavy (non-hydrogen) atoms. The molecule has 0 fully saturated rings. The molecule has 6 heteroatoms. The maximum atomic E-state index is 12.9. The molecule has 1 aromatic carbocycles. The van der Waals surface area contributed by atoms with Crippen LogP contribution in [-0.4, -0.2) is 22.7 Å². The van der Waals surface area contributed by atoms with Crippen molar-refractivity contribution in [3.05, 3.63) is 60.2 Å². The van der Waals surface area contributed by atoms with Crippen LogP contribution >= 0.6 is 0 Å². The topological polar surface area (TPSA) is 74.2 Å². The summed E-state index contributed by atoms with van der Waals surface area (Å²) < 4.78 is 12.9. The van der Waals surface area contributed by atoms with E-state index in [1.54, 1.807) is 30.6 Å². The zero-order valence-corrected chi connectivity index (χ0v) is 10.6. The molecule has 0 aliphatic heterocycles. The summed E-state index contributed by atoms with van der Waals surface area (Å²) in [5.41, 5.74) is 1.01. The number of pyridine rings is 1. The Kier molecular flexibility index (Phi) is 4.62. The summed E-state index contributed by atoms with van der Waals surface area (Å²) in [6, 6.07) is 8.38. The molecule has 1 aromatic heterocycles. The first kappa shape index (κ1) is 14.0. The molecule has 104 valence electrons. The number of carbonyl (C=O) groups excluding carboxylic acids is 1. The minimum absolute atomic E-state index is 0.0468. The van der Waals surface area contributed by atoms with E-state index in [0.29, 0.717) is 11.3 Å². The third-order valence-electron chi connectivity index (χ3n) is 2.63. The average Bonchev–Trinajstić information content (AvgIpc) is 2.46. The third-order valence-corrected chi connectivity index (χ3v) is 2.63. The molecule has 1 heterocycles. The van der Waals surface area contributed by atoms with E-state index in [2.05, 4.69) is 15.6 Å². The number of nitrogens with one attached hydrogen (secondary N) is 2. The lowest BCUT2D eigenvalue weighted by atomic mass is 10.1. The minimum atomic E-state index is -0.823. The van der Waals surface area contributed by atoms with Gasteiger partial charge in [0.15, 0.2) is 0 Å². The van der Waals surface area contributed by atoms with Crippen molar-refractivity contribution in [3.63, 3.8) is 0 Å². The van der Waals surface area contributed by atoms with Crippen LogP contribution in [0.15, 0.2) is 48.8 Å². The molecular formula is C14H14FN3O2. The number of halogens is 1. The van der Waals surface area contributed by atoms with E-state index in [1.165, 1.54) is 18.2 Å². The summed E-state index contributed by atoms with van der Waals surface area (Å²) in [6.07, 6.45) is 2.30. The molecule has 0 saturated carbocycles. The fourth-order valence-corrected chi connectivity index (χ4v) is 1.63. The van der Waals surface area contributed by atoms with Gasteiger partial charge in [0.25, 0.3) is 0 Å². The van der Waals surface area contributed by atoms with Gasteiger partial charge in [-0.25, -0.2) is 9.18 Å². The summed E-state index contributed by atoms with van der Waals surface area (Å²) in [4.78, 5) is 15.4. The van der Waals surface area contributed by atoms with E-state index >= 15 is 0 Å². The largest absolute Gasteiger partial charge is 0.387 e. The van der Waals surface area contributed by atoms with Gasteiger partial charge in [-0.2, -0.15) is 0 Å². The molecule has 0 bridgehead atoms. The fourth-order valence-electron chi connectivity index (χ4n) is 1.63. The first-order chi connectivity index (χ1) is 9.65. The Hall–Kier alpha value is -2.47. The summed E-state index contributed by atoms with van der Waals surface area (Å²) >= 11 is 0. The number of aromatic nitrogens is 1. The Labute approximate surface area is 115 Å². The summed E-state index contributed by atoms with van der Waals surface area (Å²) in [5, 5.41) is 14.8. The van der Waals surface area contributed by atoms with Gasteiger partial charge in [0, 0.05) is 24.6 Å². The van der Waals surface area contributed by atoms with Crippen molar-refractivity contribution in [1.29, 1.82) is 0 Å². The van der Waals surface area contributed by atoms with E-state index in [-0.39, 0.29) is 6.54 Å². The summed E-state index contributed by atoms with van der Waals surface area (Å²) in [7, 11) is 0. The first-order valence-electron chi connectivity index (χ1n) is 6.03. The van der Waals surface area contributed by atoms with Crippen molar-refractivity contribution in [2.75, 3.05) is 11.9 Å². The van der Waals surface area contributed by atoms with E-state index < -0.39 is 18.0 Å². The van der Waals surface area contributed by atoms with Crippen LogP contribution in [0.3, 0.4) is 0 Å². The minimum Gasteiger partial charge on any atom is -0.387 e. The molecular weight excluding hydrogens is 261 g/mol. The lowest BCUT2D eigenvalue weighted by Gasteiger charge is -2.12. The number of amides is 2. The highest BCUT2D eigenvalue weighted by Crippen LogP contribution is 2.11. The first-order valence-corrected chi connectivity index (χ1v) is 6.03. The number of anilines is 1. The Balaban J connectivity index is 1.83. The quantitative estimate of drug-likeness (QED) is 0.799. The lowest BCUT2D eigenvalue weighted by Crippen LogP contribution is -2.32. The van der Waals surface area contributed by atoms with E-state index in [4.69, 9.17) is 0 Å². The van der Waals surface area contributed by atoms with Crippen LogP contribution in [0.5, 0.6) is 0 Å². The number of hydrogen-bond acceptors (Lipinski definition) is 3. The van der Waals surface area contributed by atoms with Gasteiger partial charge in [0.05, 0.1) is 6.10 Å².